The summed E-state index contributed by atoms with van der Waals surface area (Å²) in [5.74, 6) is 0.701. The zero-order valence-electron chi connectivity index (χ0n) is 20.3. The molecule has 0 amide bonds. The van der Waals surface area contributed by atoms with Gasteiger partial charge in [-0.3, -0.25) is 4.79 Å². The Morgan fingerprint density at radius 3 is 2.62 bits per heavy atom. The van der Waals surface area contributed by atoms with Crippen molar-refractivity contribution in [2.24, 2.45) is 5.10 Å². The van der Waals surface area contributed by atoms with Gasteiger partial charge in [0.05, 0.1) is 23.7 Å². The maximum absolute atomic E-state index is 14.4. The molecule has 0 bridgehead atoms. The van der Waals surface area contributed by atoms with E-state index in [1.54, 1.807) is 18.3 Å². The minimum atomic E-state index is -0.229. The van der Waals surface area contributed by atoms with E-state index in [2.05, 4.69) is 15.9 Å². The largest absolute Gasteiger partial charge is 0.342 e. The maximum atomic E-state index is 14.4. The van der Waals surface area contributed by atoms with E-state index in [4.69, 9.17) is 10.1 Å². The highest BCUT2D eigenvalue weighted by atomic mass is 79.9. The topological polar surface area (TPSA) is 52.2 Å². The summed E-state index contributed by atoms with van der Waals surface area (Å²) in [7, 11) is 0. The average Bonchev–Trinajstić information content (AvgIpc) is 3.27. The summed E-state index contributed by atoms with van der Waals surface area (Å²) < 4.78 is 18.7. The molecule has 0 unspecified atom stereocenters. The lowest BCUT2D eigenvalue weighted by Crippen LogP contribution is -2.25. The van der Waals surface area contributed by atoms with Crippen LogP contribution >= 0.6 is 15.9 Å². The quantitative estimate of drug-likeness (QED) is 0.214. The van der Waals surface area contributed by atoms with Crippen molar-refractivity contribution in [1.29, 1.82) is 0 Å². The maximum Gasteiger partial charge on any atom is 0.282 e. The first-order chi connectivity index (χ1) is 18.1. The second-order valence-corrected chi connectivity index (χ2v) is 10.6. The Hall–Kier alpha value is -3.58. The van der Waals surface area contributed by atoms with E-state index < -0.39 is 0 Å². The van der Waals surface area contributed by atoms with Crippen molar-refractivity contribution < 1.29 is 4.39 Å². The second-order valence-electron chi connectivity index (χ2n) is 9.65. The van der Waals surface area contributed by atoms with Crippen LogP contribution in [0.4, 0.5) is 4.39 Å². The highest BCUT2D eigenvalue weighted by Crippen LogP contribution is 2.32. The normalized spacial score (nSPS) is 14.8. The van der Waals surface area contributed by atoms with Gasteiger partial charge in [0, 0.05) is 38.6 Å². The van der Waals surface area contributed by atoms with Gasteiger partial charge in [-0.1, -0.05) is 71.6 Å². The molecule has 186 valence electrons. The van der Waals surface area contributed by atoms with Gasteiger partial charge < -0.3 is 4.57 Å². The second kappa shape index (κ2) is 10.1. The van der Waals surface area contributed by atoms with Crippen molar-refractivity contribution >= 4 is 44.0 Å². The smallest absolute Gasteiger partial charge is 0.282 e. The van der Waals surface area contributed by atoms with E-state index in [0.717, 1.165) is 52.4 Å². The number of benzene rings is 3. The Balaban J connectivity index is 1.46. The van der Waals surface area contributed by atoms with Crippen molar-refractivity contribution in [2.45, 2.75) is 44.6 Å². The Morgan fingerprint density at radius 1 is 1.00 bits per heavy atom. The lowest BCUT2D eigenvalue weighted by molar-refractivity contribution is 0.416. The van der Waals surface area contributed by atoms with Gasteiger partial charge in [0.1, 0.15) is 11.6 Å². The number of hydrogen-bond acceptors (Lipinski definition) is 3. The summed E-state index contributed by atoms with van der Waals surface area (Å²) in [6.45, 7) is 0.403. The molecule has 0 saturated heterocycles. The highest BCUT2D eigenvalue weighted by molar-refractivity contribution is 9.10. The van der Waals surface area contributed by atoms with Gasteiger partial charge in [-0.15, -0.1) is 0 Å². The molecule has 0 N–H and O–H groups in total. The third kappa shape index (κ3) is 4.64. The van der Waals surface area contributed by atoms with Crippen molar-refractivity contribution in [3.05, 3.63) is 111 Å². The van der Waals surface area contributed by atoms with Gasteiger partial charge >= 0.3 is 0 Å². The van der Waals surface area contributed by atoms with Crippen LogP contribution in [0.3, 0.4) is 0 Å². The van der Waals surface area contributed by atoms with Gasteiger partial charge in [-0.05, 0) is 43.2 Å². The van der Waals surface area contributed by atoms with Gasteiger partial charge in [0.25, 0.3) is 5.56 Å². The number of aromatic nitrogens is 3. The fourth-order valence-corrected chi connectivity index (χ4v) is 5.70. The minimum Gasteiger partial charge on any atom is -0.342 e. The Morgan fingerprint density at radius 2 is 1.78 bits per heavy atom. The third-order valence-electron chi connectivity index (χ3n) is 7.23. The van der Waals surface area contributed by atoms with E-state index in [0.29, 0.717) is 23.0 Å². The molecule has 1 aliphatic rings. The van der Waals surface area contributed by atoms with Crippen LogP contribution in [-0.2, 0) is 6.54 Å². The SMILES string of the molecule is O=c1c2cc(Br)ccc2nc(C2CCCCC2)n1N=Cc1cn(Cc2ccccc2F)c2ccccc12. The monoisotopic (exact) mass is 556 g/mol. The number of nitrogens with zero attached hydrogens (tertiary/aromatic N) is 4. The van der Waals surface area contributed by atoms with Crippen molar-refractivity contribution in [2.75, 3.05) is 0 Å². The van der Waals surface area contributed by atoms with Gasteiger partial charge in [-0.25, -0.2) is 9.37 Å². The van der Waals surface area contributed by atoms with Crippen molar-refractivity contribution in [3.63, 3.8) is 0 Å². The number of fused-ring (bicyclic) bond motifs is 2. The Bertz CT molecular complexity index is 1700. The molecule has 0 aliphatic heterocycles. The van der Waals surface area contributed by atoms with Gasteiger partial charge in [0.2, 0.25) is 0 Å². The zero-order chi connectivity index (χ0) is 25.4. The average molecular weight is 557 g/mol. The number of para-hydroxylation sites is 1. The van der Waals surface area contributed by atoms with Gasteiger partial charge in [0.15, 0.2) is 0 Å². The molecule has 1 fully saturated rings. The molecular formula is C30H26BrFN4O. The van der Waals surface area contributed by atoms with Crippen molar-refractivity contribution in [3.8, 4) is 0 Å². The van der Waals surface area contributed by atoms with Crippen LogP contribution in [0.25, 0.3) is 21.8 Å². The van der Waals surface area contributed by atoms with Crippen LogP contribution in [0.2, 0.25) is 0 Å². The molecule has 0 radical (unpaired) electrons. The summed E-state index contributed by atoms with van der Waals surface area (Å²) in [6, 6.07) is 20.4. The molecule has 3 aromatic carbocycles. The Kier molecular flexibility index (Phi) is 6.47. The van der Waals surface area contributed by atoms with Crippen LogP contribution in [0.5, 0.6) is 0 Å². The summed E-state index contributed by atoms with van der Waals surface area (Å²) in [4.78, 5) is 18.6. The number of hydrogen-bond donors (Lipinski definition) is 0. The fraction of sp³-hybridized carbons (Fsp3) is 0.233. The summed E-state index contributed by atoms with van der Waals surface area (Å²) >= 11 is 3.48. The zero-order valence-corrected chi connectivity index (χ0v) is 21.9. The van der Waals surface area contributed by atoms with E-state index in [-0.39, 0.29) is 17.3 Å². The molecule has 5 aromatic rings. The van der Waals surface area contributed by atoms with Crippen LogP contribution < -0.4 is 5.56 Å². The number of halogens is 2. The summed E-state index contributed by atoms with van der Waals surface area (Å²) in [5, 5.41) is 6.26. The van der Waals surface area contributed by atoms with Crippen LogP contribution in [-0.4, -0.2) is 20.4 Å². The van der Waals surface area contributed by atoms with E-state index in [1.807, 2.05) is 59.3 Å². The summed E-state index contributed by atoms with van der Waals surface area (Å²) in [6.07, 6.45) is 9.19. The minimum absolute atomic E-state index is 0.168. The fourth-order valence-electron chi connectivity index (χ4n) is 5.34. The predicted molar refractivity (Wildman–Crippen MR) is 150 cm³/mol. The Labute approximate surface area is 222 Å². The molecule has 2 aromatic heterocycles. The first-order valence-electron chi connectivity index (χ1n) is 12.7. The standard InChI is InChI=1S/C30H26BrFN4O/c31-23-14-15-27-25(16-23)30(37)36(29(34-27)20-8-2-1-3-9-20)33-17-22-19-35(28-13-7-5-11-24(22)28)18-21-10-4-6-12-26(21)32/h4-7,10-17,19-20H,1-3,8-9,18H2. The van der Waals surface area contributed by atoms with E-state index in [9.17, 15) is 9.18 Å². The molecule has 7 heteroatoms. The number of rotatable bonds is 5. The molecule has 1 aliphatic carbocycles. The lowest BCUT2D eigenvalue weighted by Gasteiger charge is -2.22. The molecular weight excluding hydrogens is 531 g/mol. The molecule has 0 atom stereocenters. The summed E-state index contributed by atoms with van der Waals surface area (Å²) in [5.41, 5.74) is 2.99. The lowest BCUT2D eigenvalue weighted by atomic mass is 9.88. The molecule has 5 nitrogen and oxygen atoms in total. The third-order valence-corrected chi connectivity index (χ3v) is 7.73. The highest BCUT2D eigenvalue weighted by Gasteiger charge is 2.22. The first kappa shape index (κ1) is 23.8. The van der Waals surface area contributed by atoms with E-state index >= 15 is 0 Å². The molecule has 0 spiro atoms. The van der Waals surface area contributed by atoms with Gasteiger partial charge in [-0.2, -0.15) is 9.78 Å². The van der Waals surface area contributed by atoms with E-state index in [1.165, 1.54) is 17.2 Å². The van der Waals surface area contributed by atoms with Crippen LogP contribution in [0.1, 0.15) is 55.0 Å². The predicted octanol–water partition coefficient (Wildman–Crippen LogP) is 7.23. The first-order valence-corrected chi connectivity index (χ1v) is 13.5. The molecule has 1 saturated carbocycles. The van der Waals surface area contributed by atoms with Crippen LogP contribution in [0, 0.1) is 5.82 Å². The van der Waals surface area contributed by atoms with Crippen molar-refractivity contribution in [1.82, 2.24) is 14.2 Å². The van der Waals surface area contributed by atoms with Crippen LogP contribution in [0.15, 0.2) is 87.3 Å². The molecule has 2 heterocycles. The molecule has 6 rings (SSSR count). The molecule has 37 heavy (non-hydrogen) atoms.